The van der Waals surface area contributed by atoms with Crippen LogP contribution in [0.1, 0.15) is 37.8 Å². The van der Waals surface area contributed by atoms with Gasteiger partial charge < -0.3 is 10.2 Å². The second-order valence-electron chi connectivity index (χ2n) is 6.85. The van der Waals surface area contributed by atoms with Gasteiger partial charge in [-0.15, -0.1) is 0 Å². The van der Waals surface area contributed by atoms with Crippen molar-refractivity contribution in [2.45, 2.75) is 45.7 Å². The molecule has 0 aliphatic rings. The second-order valence-corrected chi connectivity index (χ2v) is 7.66. The van der Waals surface area contributed by atoms with Crippen LogP contribution in [0.5, 0.6) is 0 Å². The molecule has 1 atom stereocenters. The standard InChI is InChI=1S/C22H25Cl2FN2O2/c1-3-4-12-26-22(29)15(2)27(14-16-8-10-17(25)11-9-16)21(28)13-18-19(23)6-5-7-20(18)24/h5-11,15H,3-4,12-14H2,1-2H3,(H,26,29)/t15-/m1/s1. The summed E-state index contributed by atoms with van der Waals surface area (Å²) in [4.78, 5) is 27.2. The van der Waals surface area contributed by atoms with Gasteiger partial charge in [0.1, 0.15) is 11.9 Å². The van der Waals surface area contributed by atoms with E-state index < -0.39 is 6.04 Å². The van der Waals surface area contributed by atoms with E-state index in [1.54, 1.807) is 37.3 Å². The summed E-state index contributed by atoms with van der Waals surface area (Å²) >= 11 is 12.4. The molecule has 0 bridgehead atoms. The third kappa shape index (κ3) is 6.72. The van der Waals surface area contributed by atoms with Gasteiger partial charge in [-0.1, -0.05) is 54.7 Å². The van der Waals surface area contributed by atoms with Crippen LogP contribution in [0.2, 0.25) is 10.0 Å². The van der Waals surface area contributed by atoms with Crippen molar-refractivity contribution in [3.63, 3.8) is 0 Å². The summed E-state index contributed by atoms with van der Waals surface area (Å²) < 4.78 is 13.2. The van der Waals surface area contributed by atoms with Gasteiger partial charge >= 0.3 is 0 Å². The first-order valence-electron chi connectivity index (χ1n) is 9.58. The molecule has 4 nitrogen and oxygen atoms in total. The Morgan fingerprint density at radius 2 is 1.72 bits per heavy atom. The summed E-state index contributed by atoms with van der Waals surface area (Å²) in [5, 5.41) is 3.65. The van der Waals surface area contributed by atoms with Crippen molar-refractivity contribution in [1.82, 2.24) is 10.2 Å². The fourth-order valence-corrected chi connectivity index (χ4v) is 3.39. The van der Waals surface area contributed by atoms with E-state index in [9.17, 15) is 14.0 Å². The quantitative estimate of drug-likeness (QED) is 0.559. The highest BCUT2D eigenvalue weighted by Gasteiger charge is 2.27. The molecule has 0 radical (unpaired) electrons. The molecule has 0 fully saturated rings. The predicted octanol–water partition coefficient (Wildman–Crippen LogP) is 5.01. The van der Waals surface area contributed by atoms with Gasteiger partial charge in [0.25, 0.3) is 0 Å². The zero-order valence-corrected chi connectivity index (χ0v) is 18.1. The molecular formula is C22H25Cl2FN2O2. The van der Waals surface area contributed by atoms with Crippen LogP contribution in [-0.4, -0.2) is 29.3 Å². The number of nitrogens with one attached hydrogen (secondary N) is 1. The molecule has 2 aromatic rings. The largest absolute Gasteiger partial charge is 0.354 e. The summed E-state index contributed by atoms with van der Waals surface area (Å²) in [6, 6.07) is 10.2. The number of hydrogen-bond acceptors (Lipinski definition) is 2. The van der Waals surface area contributed by atoms with Crippen molar-refractivity contribution < 1.29 is 14.0 Å². The highest BCUT2D eigenvalue weighted by molar-refractivity contribution is 6.36. The number of carbonyl (C=O) groups is 2. The van der Waals surface area contributed by atoms with Crippen LogP contribution < -0.4 is 5.32 Å². The van der Waals surface area contributed by atoms with Crippen molar-refractivity contribution in [3.05, 3.63) is 69.5 Å². The molecule has 0 spiro atoms. The van der Waals surface area contributed by atoms with Crippen molar-refractivity contribution in [1.29, 1.82) is 0 Å². The van der Waals surface area contributed by atoms with Crippen LogP contribution in [-0.2, 0) is 22.6 Å². The van der Waals surface area contributed by atoms with E-state index in [1.807, 2.05) is 6.92 Å². The number of unbranched alkanes of at least 4 members (excludes halogenated alkanes) is 1. The lowest BCUT2D eigenvalue weighted by Gasteiger charge is -2.29. The molecule has 0 aromatic heterocycles. The van der Waals surface area contributed by atoms with E-state index >= 15 is 0 Å². The van der Waals surface area contributed by atoms with Gasteiger partial charge in [0.15, 0.2) is 0 Å². The first-order chi connectivity index (χ1) is 13.8. The lowest BCUT2D eigenvalue weighted by molar-refractivity contribution is -0.140. The smallest absolute Gasteiger partial charge is 0.242 e. The van der Waals surface area contributed by atoms with Crippen molar-refractivity contribution in [2.24, 2.45) is 0 Å². The van der Waals surface area contributed by atoms with Gasteiger partial charge in [0, 0.05) is 23.1 Å². The number of halogens is 3. The van der Waals surface area contributed by atoms with Gasteiger partial charge in [-0.05, 0) is 48.7 Å². The van der Waals surface area contributed by atoms with Gasteiger partial charge in [-0.25, -0.2) is 4.39 Å². The lowest BCUT2D eigenvalue weighted by atomic mass is 10.1. The number of carbonyl (C=O) groups excluding carboxylic acids is 2. The highest BCUT2D eigenvalue weighted by Crippen LogP contribution is 2.26. The van der Waals surface area contributed by atoms with E-state index in [0.29, 0.717) is 22.2 Å². The third-order valence-corrected chi connectivity index (χ3v) is 5.36. The maximum Gasteiger partial charge on any atom is 0.242 e. The second kappa shape index (κ2) is 11.2. The minimum absolute atomic E-state index is 0.0354. The van der Waals surface area contributed by atoms with E-state index in [1.165, 1.54) is 17.0 Å². The van der Waals surface area contributed by atoms with Gasteiger partial charge in [-0.2, -0.15) is 0 Å². The first kappa shape index (κ1) is 23.2. The van der Waals surface area contributed by atoms with Crippen LogP contribution in [0.25, 0.3) is 0 Å². The van der Waals surface area contributed by atoms with Crippen molar-refractivity contribution in [2.75, 3.05) is 6.54 Å². The highest BCUT2D eigenvalue weighted by atomic mass is 35.5. The van der Waals surface area contributed by atoms with Gasteiger partial charge in [0.05, 0.1) is 6.42 Å². The fourth-order valence-electron chi connectivity index (χ4n) is 2.86. The minimum atomic E-state index is -0.703. The Labute approximate surface area is 181 Å². The molecular weight excluding hydrogens is 414 g/mol. The number of benzene rings is 2. The molecule has 0 saturated heterocycles. The summed E-state index contributed by atoms with van der Waals surface area (Å²) in [7, 11) is 0. The van der Waals surface area contributed by atoms with E-state index in [2.05, 4.69) is 5.32 Å². The number of rotatable bonds is 9. The van der Waals surface area contributed by atoms with Crippen LogP contribution in [0.4, 0.5) is 4.39 Å². The van der Waals surface area contributed by atoms with Crippen LogP contribution in [0.15, 0.2) is 42.5 Å². The Hall–Kier alpha value is -2.11. The average Bonchev–Trinajstić information content (AvgIpc) is 2.70. The minimum Gasteiger partial charge on any atom is -0.354 e. The molecule has 2 rings (SSSR count). The Balaban J connectivity index is 2.23. The van der Waals surface area contributed by atoms with Crippen molar-refractivity contribution in [3.8, 4) is 0 Å². The van der Waals surface area contributed by atoms with E-state index in [4.69, 9.17) is 23.2 Å². The summed E-state index contributed by atoms with van der Waals surface area (Å²) in [6.45, 7) is 4.43. The monoisotopic (exact) mass is 438 g/mol. The molecule has 7 heteroatoms. The summed E-state index contributed by atoms with van der Waals surface area (Å²) in [5.41, 5.74) is 1.24. The zero-order chi connectivity index (χ0) is 21.4. The maximum absolute atomic E-state index is 13.2. The third-order valence-electron chi connectivity index (χ3n) is 4.65. The Morgan fingerprint density at radius 1 is 1.10 bits per heavy atom. The molecule has 156 valence electrons. The van der Waals surface area contributed by atoms with E-state index in [0.717, 1.165) is 18.4 Å². The molecule has 1 N–H and O–H groups in total. The van der Waals surface area contributed by atoms with Crippen LogP contribution >= 0.6 is 23.2 Å². The molecule has 0 aliphatic carbocycles. The summed E-state index contributed by atoms with van der Waals surface area (Å²) in [5.74, 6) is -0.888. The predicted molar refractivity (Wildman–Crippen MR) is 114 cm³/mol. The molecule has 0 unspecified atom stereocenters. The molecule has 2 amide bonds. The first-order valence-corrected chi connectivity index (χ1v) is 10.3. The number of amides is 2. The molecule has 0 heterocycles. The van der Waals surface area contributed by atoms with Gasteiger partial charge in [-0.3, -0.25) is 9.59 Å². The fraction of sp³-hybridized carbons (Fsp3) is 0.364. The average molecular weight is 439 g/mol. The molecule has 0 saturated carbocycles. The Bertz CT molecular complexity index is 823. The number of hydrogen-bond donors (Lipinski definition) is 1. The Morgan fingerprint density at radius 3 is 2.31 bits per heavy atom. The topological polar surface area (TPSA) is 49.4 Å². The molecule has 2 aromatic carbocycles. The SMILES string of the molecule is CCCCNC(=O)[C@@H](C)N(Cc1ccc(F)cc1)C(=O)Cc1c(Cl)cccc1Cl. The Kier molecular flexibility index (Phi) is 8.93. The van der Waals surface area contributed by atoms with E-state index in [-0.39, 0.29) is 30.6 Å². The van der Waals surface area contributed by atoms with Crippen molar-refractivity contribution >= 4 is 35.0 Å². The number of nitrogens with zero attached hydrogens (tertiary/aromatic N) is 1. The zero-order valence-electron chi connectivity index (χ0n) is 16.6. The van der Waals surface area contributed by atoms with Crippen LogP contribution in [0, 0.1) is 5.82 Å². The maximum atomic E-state index is 13.2. The lowest BCUT2D eigenvalue weighted by Crippen LogP contribution is -2.48. The molecule has 29 heavy (non-hydrogen) atoms. The van der Waals surface area contributed by atoms with Gasteiger partial charge in [0.2, 0.25) is 11.8 Å². The van der Waals surface area contributed by atoms with Crippen LogP contribution in [0.3, 0.4) is 0 Å². The molecule has 0 aliphatic heterocycles. The normalized spacial score (nSPS) is 11.8. The summed E-state index contributed by atoms with van der Waals surface area (Å²) in [6.07, 6.45) is 1.78.